The minimum absolute atomic E-state index is 0. The zero-order valence-corrected chi connectivity index (χ0v) is 20.3. The summed E-state index contributed by atoms with van der Waals surface area (Å²) >= 11 is 7.42. The molecule has 1 aliphatic heterocycles. The molecule has 0 bridgehead atoms. The number of rotatable bonds is 5. The number of amides is 1. The van der Waals surface area contributed by atoms with Crippen molar-refractivity contribution in [3.8, 4) is 0 Å². The van der Waals surface area contributed by atoms with Gasteiger partial charge in [0.15, 0.2) is 10.9 Å². The molecular formula is C19H21BrClN3O4S2. The number of benzene rings is 2. The van der Waals surface area contributed by atoms with Crippen molar-refractivity contribution in [2.45, 2.75) is 24.1 Å². The predicted octanol–water partition coefficient (Wildman–Crippen LogP) is 3.12. The number of nitrogens with one attached hydrogen (secondary N) is 1. The van der Waals surface area contributed by atoms with Gasteiger partial charge in [-0.2, -0.15) is 0 Å². The largest absolute Gasteiger partial charge is 0.366 e. The molecule has 30 heavy (non-hydrogen) atoms. The Morgan fingerprint density at radius 3 is 2.60 bits per heavy atom. The first-order valence-corrected chi connectivity index (χ1v) is 11.5. The van der Waals surface area contributed by atoms with Crippen LogP contribution in [0, 0.1) is 0 Å². The first-order chi connectivity index (χ1) is 13.6. The van der Waals surface area contributed by atoms with E-state index in [2.05, 4.69) is 4.99 Å². The lowest BCUT2D eigenvalue weighted by Crippen LogP contribution is -2.42. The van der Waals surface area contributed by atoms with E-state index >= 15 is 0 Å². The third-order valence-corrected chi connectivity index (χ3v) is 7.57. The van der Waals surface area contributed by atoms with Crippen molar-refractivity contribution >= 4 is 61.4 Å². The average Bonchev–Trinajstić information content (AvgIpc) is 2.95. The van der Waals surface area contributed by atoms with Crippen molar-refractivity contribution < 1.29 is 18.3 Å². The molecule has 0 aromatic heterocycles. The Morgan fingerprint density at radius 1 is 1.30 bits per heavy atom. The van der Waals surface area contributed by atoms with E-state index in [9.17, 15) is 18.3 Å². The maximum atomic E-state index is 12.4. The molecule has 162 valence electrons. The number of nitrogens with zero attached hydrogens (tertiary/aromatic N) is 2. The lowest BCUT2D eigenvalue weighted by atomic mass is 10.0. The van der Waals surface area contributed by atoms with Crippen LogP contribution in [0.3, 0.4) is 0 Å². The summed E-state index contributed by atoms with van der Waals surface area (Å²) in [4.78, 5) is 17.1. The molecule has 1 unspecified atom stereocenters. The first-order valence-electron chi connectivity index (χ1n) is 8.64. The van der Waals surface area contributed by atoms with Gasteiger partial charge in [0.25, 0.3) is 10.0 Å². The SMILES string of the molecule is Br.CC(=O)NS(=O)(=O)c1cc(C2(O)CSC(=NCc3ccccc3)N2C)ccc1Cl. The number of thioether (sulfide) groups is 1. The molecule has 7 nitrogen and oxygen atoms in total. The van der Waals surface area contributed by atoms with E-state index in [0.717, 1.165) is 12.5 Å². The van der Waals surface area contributed by atoms with E-state index in [1.165, 1.54) is 23.9 Å². The number of halogens is 2. The van der Waals surface area contributed by atoms with E-state index in [-0.39, 0.29) is 32.7 Å². The summed E-state index contributed by atoms with van der Waals surface area (Å²) in [6.07, 6.45) is 0. The highest BCUT2D eigenvalue weighted by Gasteiger charge is 2.43. The summed E-state index contributed by atoms with van der Waals surface area (Å²) in [5.41, 5.74) is -0.0870. The van der Waals surface area contributed by atoms with E-state index in [4.69, 9.17) is 11.6 Å². The number of sulfonamides is 1. The van der Waals surface area contributed by atoms with Crippen LogP contribution in [0.5, 0.6) is 0 Å². The second-order valence-electron chi connectivity index (χ2n) is 6.56. The summed E-state index contributed by atoms with van der Waals surface area (Å²) in [6, 6.07) is 14.0. The summed E-state index contributed by atoms with van der Waals surface area (Å²) in [5, 5.41) is 11.9. The van der Waals surface area contributed by atoms with Crippen molar-refractivity contribution in [2.24, 2.45) is 4.99 Å². The van der Waals surface area contributed by atoms with Crippen LogP contribution >= 0.6 is 40.3 Å². The van der Waals surface area contributed by atoms with Crippen LogP contribution in [0.25, 0.3) is 0 Å². The van der Waals surface area contributed by atoms with Gasteiger partial charge in [0.1, 0.15) is 4.90 Å². The molecule has 11 heteroatoms. The smallest absolute Gasteiger partial charge is 0.265 e. The molecule has 2 aromatic rings. The third-order valence-electron chi connectivity index (χ3n) is 4.45. The van der Waals surface area contributed by atoms with Gasteiger partial charge in [0, 0.05) is 19.5 Å². The van der Waals surface area contributed by atoms with Crippen LogP contribution < -0.4 is 4.72 Å². The molecule has 1 amide bonds. The minimum Gasteiger partial charge on any atom is -0.366 e. The van der Waals surface area contributed by atoms with Gasteiger partial charge >= 0.3 is 0 Å². The average molecular weight is 535 g/mol. The zero-order valence-electron chi connectivity index (χ0n) is 16.2. The lowest BCUT2D eigenvalue weighted by molar-refractivity contribution is -0.117. The van der Waals surface area contributed by atoms with Crippen LogP contribution in [0.15, 0.2) is 58.4 Å². The van der Waals surface area contributed by atoms with Crippen LogP contribution in [0.1, 0.15) is 18.1 Å². The Labute approximate surface area is 195 Å². The summed E-state index contributed by atoms with van der Waals surface area (Å²) in [5.74, 6) is -0.465. The summed E-state index contributed by atoms with van der Waals surface area (Å²) in [6.45, 7) is 1.56. The fourth-order valence-corrected chi connectivity index (χ4v) is 5.60. The Hall–Kier alpha value is -1.59. The van der Waals surface area contributed by atoms with E-state index in [1.54, 1.807) is 18.0 Å². The van der Waals surface area contributed by atoms with Gasteiger partial charge in [-0.25, -0.2) is 13.1 Å². The lowest BCUT2D eigenvalue weighted by Gasteiger charge is -2.31. The fourth-order valence-electron chi connectivity index (χ4n) is 2.89. The van der Waals surface area contributed by atoms with Crippen molar-refractivity contribution in [3.63, 3.8) is 0 Å². The van der Waals surface area contributed by atoms with E-state index < -0.39 is 21.7 Å². The molecule has 2 aromatic carbocycles. The molecular weight excluding hydrogens is 514 g/mol. The molecule has 1 atom stereocenters. The Morgan fingerprint density at radius 2 is 1.97 bits per heavy atom. The quantitative estimate of drug-likeness (QED) is 0.612. The standard InChI is InChI=1S/C19H20ClN3O4S2.BrH/c1-13(24)22-29(26,27)17-10-15(8-9-16(17)20)19(25)12-28-18(23(19)2)21-11-14-6-4-3-5-7-14;/h3-10,25H,11-12H2,1-2H3,(H,22,24);1H. The third kappa shape index (κ3) is 5.17. The molecule has 1 aliphatic rings. The molecule has 1 heterocycles. The van der Waals surface area contributed by atoms with Gasteiger partial charge in [-0.05, 0) is 17.7 Å². The number of aliphatic imine (C=N–C) groups is 1. The Balaban J connectivity index is 0.00000320. The van der Waals surface area contributed by atoms with E-state index in [1.807, 2.05) is 35.1 Å². The monoisotopic (exact) mass is 533 g/mol. The Bertz CT molecular complexity index is 1070. The van der Waals surface area contributed by atoms with Gasteiger partial charge in [0.2, 0.25) is 5.91 Å². The first kappa shape index (κ1) is 24.7. The Kier molecular flexibility index (Phi) is 7.97. The molecule has 0 aliphatic carbocycles. The maximum Gasteiger partial charge on any atom is 0.265 e. The molecule has 0 spiro atoms. The zero-order chi connectivity index (χ0) is 21.2. The fraction of sp³-hybridized carbons (Fsp3) is 0.263. The highest BCUT2D eigenvalue weighted by molar-refractivity contribution is 8.93. The second-order valence-corrected chi connectivity index (χ2v) is 9.56. The molecule has 1 saturated heterocycles. The molecule has 0 radical (unpaired) electrons. The van der Waals surface area contributed by atoms with Gasteiger partial charge < -0.3 is 10.0 Å². The number of aliphatic hydroxyl groups is 1. The van der Waals surface area contributed by atoms with Crippen LogP contribution in [0.2, 0.25) is 5.02 Å². The minimum atomic E-state index is -4.14. The highest BCUT2D eigenvalue weighted by Crippen LogP contribution is 2.39. The number of hydrogen-bond acceptors (Lipinski definition) is 6. The van der Waals surface area contributed by atoms with Gasteiger partial charge in [-0.3, -0.25) is 9.79 Å². The van der Waals surface area contributed by atoms with Crippen molar-refractivity contribution in [1.29, 1.82) is 0 Å². The maximum absolute atomic E-state index is 12.4. The number of carbonyl (C=O) groups excluding carboxylic acids is 1. The second kappa shape index (κ2) is 9.69. The summed E-state index contributed by atoms with van der Waals surface area (Å²) < 4.78 is 26.7. The van der Waals surface area contributed by atoms with Gasteiger partial charge in [-0.15, -0.1) is 17.0 Å². The molecule has 0 saturated carbocycles. The predicted molar refractivity (Wildman–Crippen MR) is 124 cm³/mol. The van der Waals surface area contributed by atoms with Crippen molar-refractivity contribution in [3.05, 3.63) is 64.7 Å². The van der Waals surface area contributed by atoms with Gasteiger partial charge in [0.05, 0.1) is 17.3 Å². The van der Waals surface area contributed by atoms with Crippen LogP contribution in [-0.2, 0) is 27.1 Å². The van der Waals surface area contributed by atoms with E-state index in [0.29, 0.717) is 17.3 Å². The number of hydrogen-bond donors (Lipinski definition) is 2. The number of carbonyl (C=O) groups is 1. The van der Waals surface area contributed by atoms with Crippen LogP contribution in [0.4, 0.5) is 0 Å². The normalized spacial score (nSPS) is 20.1. The highest BCUT2D eigenvalue weighted by atomic mass is 79.9. The number of amidine groups is 1. The molecule has 3 rings (SSSR count). The summed E-state index contributed by atoms with van der Waals surface area (Å²) in [7, 11) is -2.45. The van der Waals surface area contributed by atoms with Crippen molar-refractivity contribution in [1.82, 2.24) is 9.62 Å². The van der Waals surface area contributed by atoms with Gasteiger partial charge in [-0.1, -0.05) is 59.8 Å². The topological polar surface area (TPSA) is 99.1 Å². The molecule has 1 fully saturated rings. The molecule has 2 N–H and O–H groups in total. The van der Waals surface area contributed by atoms with Crippen molar-refractivity contribution in [2.75, 3.05) is 12.8 Å². The van der Waals surface area contributed by atoms with Crippen LogP contribution in [-0.4, -0.2) is 42.3 Å².